The molecule has 1 amide bonds. The van der Waals surface area contributed by atoms with E-state index in [2.05, 4.69) is 4.98 Å². The first-order valence-electron chi connectivity index (χ1n) is 10.4. The highest BCUT2D eigenvalue weighted by Gasteiger charge is 2.40. The van der Waals surface area contributed by atoms with Gasteiger partial charge in [0, 0.05) is 18.3 Å². The van der Waals surface area contributed by atoms with E-state index in [0.29, 0.717) is 22.9 Å². The fraction of sp³-hybridized carbons (Fsp3) is 0.318. The van der Waals surface area contributed by atoms with Gasteiger partial charge < -0.3 is 10.2 Å². The maximum Gasteiger partial charge on any atom is 0.408 e. The van der Waals surface area contributed by atoms with Gasteiger partial charge in [-0.05, 0) is 18.6 Å². The lowest BCUT2D eigenvalue weighted by molar-refractivity contribution is -0.153. The molecule has 1 fully saturated rings. The van der Waals surface area contributed by atoms with Crippen LogP contribution in [0.15, 0.2) is 35.3 Å². The predicted molar refractivity (Wildman–Crippen MR) is 112 cm³/mol. The van der Waals surface area contributed by atoms with Gasteiger partial charge >= 0.3 is 6.18 Å². The van der Waals surface area contributed by atoms with E-state index in [1.54, 1.807) is 5.32 Å². The average Bonchev–Trinajstić information content (AvgIpc) is 2.74. The van der Waals surface area contributed by atoms with Gasteiger partial charge in [-0.25, -0.2) is 22.5 Å². The molecule has 0 unspecified atom stereocenters. The van der Waals surface area contributed by atoms with Gasteiger partial charge in [-0.15, -0.1) is 0 Å². The molecule has 1 N–H and O–H groups in total. The summed E-state index contributed by atoms with van der Waals surface area (Å²) in [5, 5.41) is 1.36. The summed E-state index contributed by atoms with van der Waals surface area (Å²) in [6, 6.07) is 0.902. The summed E-state index contributed by atoms with van der Waals surface area (Å²) in [4.78, 5) is 31.3. The van der Waals surface area contributed by atoms with E-state index < -0.39 is 64.8 Å². The molecule has 1 aliphatic rings. The number of aromatic nitrogens is 2. The number of alkyl halides is 4. The van der Waals surface area contributed by atoms with E-state index >= 15 is 0 Å². The second kappa shape index (κ2) is 8.86. The number of anilines is 1. The molecule has 2 aromatic heterocycles. The molecule has 186 valence electrons. The first kappa shape index (κ1) is 24.5. The molecule has 1 aliphatic heterocycles. The molecule has 0 saturated carbocycles. The number of rotatable bonds is 5. The lowest BCUT2D eigenvalue weighted by Crippen LogP contribution is -2.48. The first-order chi connectivity index (χ1) is 16.4. The van der Waals surface area contributed by atoms with Crippen LogP contribution < -0.4 is 15.6 Å². The molecular weight excluding hydrogens is 485 g/mol. The van der Waals surface area contributed by atoms with Crippen molar-refractivity contribution in [2.75, 3.05) is 18.0 Å². The van der Waals surface area contributed by atoms with Crippen molar-refractivity contribution in [3.05, 3.63) is 63.7 Å². The number of benzene rings is 1. The third-order valence-corrected chi connectivity index (χ3v) is 5.57. The molecular formula is C22H17F7N4O2. The van der Waals surface area contributed by atoms with Crippen molar-refractivity contribution in [3.63, 3.8) is 0 Å². The molecule has 0 aliphatic carbocycles. The van der Waals surface area contributed by atoms with E-state index in [1.165, 1.54) is 24.0 Å². The number of hydrogen-bond acceptors (Lipinski definition) is 4. The Labute approximate surface area is 193 Å². The molecule has 0 bridgehead atoms. The number of carbonyl (C=O) groups excluding carboxylic acids is 1. The van der Waals surface area contributed by atoms with Gasteiger partial charge in [0.2, 0.25) is 5.43 Å². The topological polar surface area (TPSA) is 67.2 Å². The van der Waals surface area contributed by atoms with Crippen molar-refractivity contribution in [2.45, 2.75) is 31.7 Å². The standard InChI is InChI=1S/C22H17F7N4O2/c1-2-16(22(27,28)29)30-21(35)13-9-33(18-14(25)5-10(23)6-15(18)26)20-12(19(13)34)3-4-17(31-20)32-7-11(24)8-32/h3-6,9,11,16H,2,7-8H2,1H3,(H,30,35)/t16-/m0/s1. The Morgan fingerprint density at radius 2 is 1.80 bits per heavy atom. The summed E-state index contributed by atoms with van der Waals surface area (Å²) >= 11 is 0. The Morgan fingerprint density at radius 3 is 2.34 bits per heavy atom. The van der Waals surface area contributed by atoms with Crippen LogP contribution in [-0.2, 0) is 0 Å². The second-order valence-corrected chi connectivity index (χ2v) is 7.98. The predicted octanol–water partition coefficient (Wildman–Crippen LogP) is 4.03. The van der Waals surface area contributed by atoms with Crippen LogP contribution in [0.1, 0.15) is 23.7 Å². The van der Waals surface area contributed by atoms with Gasteiger partial charge in [0.05, 0.1) is 18.5 Å². The molecule has 3 aromatic rings. The van der Waals surface area contributed by atoms with Gasteiger partial charge in [-0.1, -0.05) is 6.92 Å². The van der Waals surface area contributed by atoms with Gasteiger partial charge in [-0.3, -0.25) is 14.2 Å². The summed E-state index contributed by atoms with van der Waals surface area (Å²) in [5.41, 5.74) is -3.16. The van der Waals surface area contributed by atoms with E-state index in [9.17, 15) is 40.3 Å². The minimum atomic E-state index is -4.81. The van der Waals surface area contributed by atoms with Gasteiger partial charge in [-0.2, -0.15) is 13.2 Å². The number of nitrogens with zero attached hydrogens (tertiary/aromatic N) is 3. The van der Waals surface area contributed by atoms with Crippen molar-refractivity contribution in [1.29, 1.82) is 0 Å². The highest BCUT2D eigenvalue weighted by Crippen LogP contribution is 2.27. The van der Waals surface area contributed by atoms with E-state index in [-0.39, 0.29) is 29.9 Å². The molecule has 0 spiro atoms. The molecule has 6 nitrogen and oxygen atoms in total. The summed E-state index contributed by atoms with van der Waals surface area (Å²) in [5.74, 6) is -5.35. The number of nitrogens with one attached hydrogen (secondary N) is 1. The molecule has 1 saturated heterocycles. The van der Waals surface area contributed by atoms with Crippen molar-refractivity contribution in [1.82, 2.24) is 14.9 Å². The molecule has 13 heteroatoms. The molecule has 1 aromatic carbocycles. The second-order valence-electron chi connectivity index (χ2n) is 7.98. The van der Waals surface area contributed by atoms with E-state index in [4.69, 9.17) is 0 Å². The van der Waals surface area contributed by atoms with Crippen LogP contribution in [0.5, 0.6) is 0 Å². The number of pyridine rings is 2. The largest absolute Gasteiger partial charge is 0.408 e. The van der Waals surface area contributed by atoms with Gasteiger partial charge in [0.1, 0.15) is 35.1 Å². The number of halogens is 7. The van der Waals surface area contributed by atoms with Crippen LogP contribution in [0.25, 0.3) is 16.7 Å². The smallest absolute Gasteiger partial charge is 0.351 e. The fourth-order valence-electron chi connectivity index (χ4n) is 3.73. The third-order valence-electron chi connectivity index (χ3n) is 5.57. The molecule has 0 radical (unpaired) electrons. The summed E-state index contributed by atoms with van der Waals surface area (Å²) in [7, 11) is 0. The zero-order valence-electron chi connectivity index (χ0n) is 18.0. The number of amides is 1. The number of hydrogen-bond donors (Lipinski definition) is 1. The molecule has 1 atom stereocenters. The van der Waals surface area contributed by atoms with Crippen LogP contribution in [0.4, 0.5) is 36.6 Å². The Hall–Kier alpha value is -3.64. The van der Waals surface area contributed by atoms with Crippen LogP contribution in [0.3, 0.4) is 0 Å². The highest BCUT2D eigenvalue weighted by atomic mass is 19.4. The van der Waals surface area contributed by atoms with Gasteiger partial charge in [0.25, 0.3) is 5.91 Å². The fourth-order valence-corrected chi connectivity index (χ4v) is 3.73. The van der Waals surface area contributed by atoms with Crippen LogP contribution >= 0.6 is 0 Å². The quantitative estimate of drug-likeness (QED) is 0.536. The first-order valence-corrected chi connectivity index (χ1v) is 10.4. The molecule has 35 heavy (non-hydrogen) atoms. The Morgan fingerprint density at radius 1 is 1.17 bits per heavy atom. The summed E-state index contributed by atoms with van der Waals surface area (Å²) < 4.78 is 96.2. The zero-order chi connectivity index (χ0) is 25.7. The van der Waals surface area contributed by atoms with Crippen LogP contribution in [0.2, 0.25) is 0 Å². The minimum absolute atomic E-state index is 0.0155. The zero-order valence-corrected chi connectivity index (χ0v) is 18.0. The maximum absolute atomic E-state index is 14.7. The molecule has 3 heterocycles. The number of fused-ring (bicyclic) bond motifs is 1. The van der Waals surface area contributed by atoms with Crippen molar-refractivity contribution in [3.8, 4) is 5.69 Å². The summed E-state index contributed by atoms with van der Waals surface area (Å²) in [6.07, 6.45) is -5.81. The average molecular weight is 502 g/mol. The monoisotopic (exact) mass is 502 g/mol. The van der Waals surface area contributed by atoms with Crippen molar-refractivity contribution >= 4 is 22.8 Å². The van der Waals surface area contributed by atoms with Crippen LogP contribution in [0, 0.1) is 17.5 Å². The lowest BCUT2D eigenvalue weighted by atomic mass is 10.1. The Kier molecular flexibility index (Phi) is 6.20. The van der Waals surface area contributed by atoms with E-state index in [1.807, 2.05) is 0 Å². The van der Waals surface area contributed by atoms with E-state index in [0.717, 1.165) is 0 Å². The maximum atomic E-state index is 14.7. The summed E-state index contributed by atoms with van der Waals surface area (Å²) in [6.45, 7) is 1.14. The van der Waals surface area contributed by atoms with Gasteiger partial charge in [0.15, 0.2) is 17.3 Å². The highest BCUT2D eigenvalue weighted by molar-refractivity contribution is 5.97. The van der Waals surface area contributed by atoms with Crippen LogP contribution in [-0.4, -0.2) is 46.9 Å². The third kappa shape index (κ3) is 4.54. The normalized spacial score (nSPS) is 15.3. The molecule has 4 rings (SSSR count). The minimum Gasteiger partial charge on any atom is -0.351 e. The lowest BCUT2D eigenvalue weighted by Gasteiger charge is -2.35. The Balaban J connectivity index is 1.94. The number of carbonyl (C=O) groups is 1. The van der Waals surface area contributed by atoms with Crippen molar-refractivity contribution < 1.29 is 35.5 Å². The van der Waals surface area contributed by atoms with Crippen molar-refractivity contribution in [2.24, 2.45) is 0 Å². The Bertz CT molecular complexity index is 1340. The SMILES string of the molecule is CC[C@H](NC(=O)c1cn(-c2c(F)cc(F)cc2F)c2nc(N3CC(F)C3)ccc2c1=O)C(F)(F)F.